The highest BCUT2D eigenvalue weighted by atomic mass is 16.2. The van der Waals surface area contributed by atoms with Gasteiger partial charge in [-0.05, 0) is 18.8 Å². The van der Waals surface area contributed by atoms with Gasteiger partial charge in [-0.2, -0.15) is 0 Å². The molecule has 88 valence electrons. The molecule has 0 atom stereocenters. The lowest BCUT2D eigenvalue weighted by molar-refractivity contribution is -0.129. The second-order valence-corrected chi connectivity index (χ2v) is 5.71. The zero-order valence-corrected chi connectivity index (χ0v) is 10.5. The Morgan fingerprint density at radius 3 is 2.33 bits per heavy atom. The van der Waals surface area contributed by atoms with E-state index < -0.39 is 0 Å². The maximum atomic E-state index is 11.6. The van der Waals surface area contributed by atoms with Crippen LogP contribution in [0.15, 0.2) is 0 Å². The van der Waals surface area contributed by atoms with Crippen LogP contribution in [0.4, 0.5) is 0 Å². The summed E-state index contributed by atoms with van der Waals surface area (Å²) in [6.07, 6.45) is 2.51. The number of nitrogens with zero attached hydrogens (tertiary/aromatic N) is 1. The van der Waals surface area contributed by atoms with Gasteiger partial charge in [0.25, 0.3) is 0 Å². The molecule has 1 rings (SSSR count). The predicted molar refractivity (Wildman–Crippen MR) is 62.4 cm³/mol. The van der Waals surface area contributed by atoms with Crippen molar-refractivity contribution in [3.63, 3.8) is 0 Å². The topological polar surface area (TPSA) is 32.3 Å². The van der Waals surface area contributed by atoms with Crippen molar-refractivity contribution >= 4 is 5.91 Å². The third-order valence-electron chi connectivity index (χ3n) is 3.02. The summed E-state index contributed by atoms with van der Waals surface area (Å²) < 4.78 is 0. The number of carbonyl (C=O) groups is 1. The predicted octanol–water partition coefficient (Wildman–Crippen LogP) is 1.84. The SMILES string of the molecule is CC1CCN(CNC(=O)C(C)(C)C)CC1. The summed E-state index contributed by atoms with van der Waals surface area (Å²) in [7, 11) is 0. The van der Waals surface area contributed by atoms with Crippen LogP contribution in [-0.4, -0.2) is 30.6 Å². The molecule has 1 saturated heterocycles. The van der Waals surface area contributed by atoms with Gasteiger partial charge in [0, 0.05) is 18.5 Å². The van der Waals surface area contributed by atoms with E-state index in [0.29, 0.717) is 6.67 Å². The molecule has 0 aromatic carbocycles. The monoisotopic (exact) mass is 212 g/mol. The summed E-state index contributed by atoms with van der Waals surface area (Å²) in [6, 6.07) is 0. The number of likely N-dealkylation sites (tertiary alicyclic amines) is 1. The summed E-state index contributed by atoms with van der Waals surface area (Å²) in [5.41, 5.74) is -0.275. The first kappa shape index (κ1) is 12.5. The van der Waals surface area contributed by atoms with Crippen molar-refractivity contribution in [3.8, 4) is 0 Å². The first-order chi connectivity index (χ1) is 6.89. The first-order valence-electron chi connectivity index (χ1n) is 5.90. The standard InChI is InChI=1S/C12H24N2O/c1-10-5-7-14(8-6-10)9-13-11(15)12(2,3)4/h10H,5-9H2,1-4H3,(H,13,15). The van der Waals surface area contributed by atoms with Crippen LogP contribution in [-0.2, 0) is 4.79 Å². The minimum absolute atomic E-state index is 0.140. The van der Waals surface area contributed by atoms with Gasteiger partial charge in [0.2, 0.25) is 5.91 Å². The average molecular weight is 212 g/mol. The van der Waals surface area contributed by atoms with E-state index in [4.69, 9.17) is 0 Å². The fraction of sp³-hybridized carbons (Fsp3) is 0.917. The van der Waals surface area contributed by atoms with Crippen LogP contribution in [0.1, 0.15) is 40.5 Å². The number of piperidine rings is 1. The molecule has 1 heterocycles. The summed E-state index contributed by atoms with van der Waals surface area (Å²) in [5, 5.41) is 2.99. The molecule has 3 nitrogen and oxygen atoms in total. The first-order valence-corrected chi connectivity index (χ1v) is 5.90. The summed E-state index contributed by atoms with van der Waals surface area (Å²) in [5.74, 6) is 0.987. The smallest absolute Gasteiger partial charge is 0.226 e. The molecule has 1 N–H and O–H groups in total. The fourth-order valence-corrected chi connectivity index (χ4v) is 1.67. The largest absolute Gasteiger partial charge is 0.343 e. The molecule has 1 amide bonds. The van der Waals surface area contributed by atoms with E-state index in [2.05, 4.69) is 17.1 Å². The van der Waals surface area contributed by atoms with Crippen molar-refractivity contribution in [1.82, 2.24) is 10.2 Å². The molecule has 1 fully saturated rings. The zero-order valence-electron chi connectivity index (χ0n) is 10.5. The van der Waals surface area contributed by atoms with Crippen molar-refractivity contribution < 1.29 is 4.79 Å². The van der Waals surface area contributed by atoms with Crippen LogP contribution in [0.3, 0.4) is 0 Å². The van der Waals surface area contributed by atoms with E-state index in [-0.39, 0.29) is 11.3 Å². The van der Waals surface area contributed by atoms with Crippen molar-refractivity contribution in [2.75, 3.05) is 19.8 Å². The van der Waals surface area contributed by atoms with Gasteiger partial charge in [0.1, 0.15) is 0 Å². The van der Waals surface area contributed by atoms with E-state index in [1.807, 2.05) is 20.8 Å². The number of amides is 1. The van der Waals surface area contributed by atoms with E-state index in [9.17, 15) is 4.79 Å². The molecule has 0 aliphatic carbocycles. The van der Waals surface area contributed by atoms with Crippen LogP contribution < -0.4 is 5.32 Å². The van der Waals surface area contributed by atoms with E-state index in [1.165, 1.54) is 12.8 Å². The number of nitrogens with one attached hydrogen (secondary N) is 1. The quantitative estimate of drug-likeness (QED) is 0.757. The summed E-state index contributed by atoms with van der Waals surface area (Å²) in [6.45, 7) is 11.1. The van der Waals surface area contributed by atoms with E-state index in [0.717, 1.165) is 19.0 Å². The second-order valence-electron chi connectivity index (χ2n) is 5.71. The van der Waals surface area contributed by atoms with Gasteiger partial charge in [-0.15, -0.1) is 0 Å². The minimum atomic E-state index is -0.275. The maximum Gasteiger partial charge on any atom is 0.226 e. The molecule has 0 aromatic heterocycles. The van der Waals surface area contributed by atoms with E-state index in [1.54, 1.807) is 0 Å². The number of carbonyl (C=O) groups excluding carboxylic acids is 1. The normalized spacial score (nSPS) is 20.3. The second kappa shape index (κ2) is 4.97. The molecular weight excluding hydrogens is 188 g/mol. The lowest BCUT2D eigenvalue weighted by atomic mass is 9.96. The van der Waals surface area contributed by atoms with Crippen LogP contribution >= 0.6 is 0 Å². The van der Waals surface area contributed by atoms with Crippen LogP contribution in [0.25, 0.3) is 0 Å². The van der Waals surface area contributed by atoms with Crippen LogP contribution in [0, 0.1) is 11.3 Å². The molecule has 1 aliphatic heterocycles. The Hall–Kier alpha value is -0.570. The lowest BCUT2D eigenvalue weighted by Gasteiger charge is -2.31. The third kappa shape index (κ3) is 4.20. The Bertz CT molecular complexity index is 212. The van der Waals surface area contributed by atoms with Gasteiger partial charge in [0.05, 0.1) is 6.67 Å². The Kier molecular flexibility index (Phi) is 4.14. The number of hydrogen-bond acceptors (Lipinski definition) is 2. The number of hydrogen-bond donors (Lipinski definition) is 1. The molecule has 0 bridgehead atoms. The molecule has 1 aliphatic rings. The summed E-state index contributed by atoms with van der Waals surface area (Å²) >= 11 is 0. The minimum Gasteiger partial charge on any atom is -0.343 e. The van der Waals surface area contributed by atoms with Gasteiger partial charge < -0.3 is 5.32 Å². The average Bonchev–Trinajstić information content (AvgIpc) is 2.15. The van der Waals surface area contributed by atoms with Gasteiger partial charge in [-0.1, -0.05) is 27.7 Å². The Morgan fingerprint density at radius 2 is 1.87 bits per heavy atom. The van der Waals surface area contributed by atoms with Gasteiger partial charge >= 0.3 is 0 Å². The Balaban J connectivity index is 2.23. The van der Waals surface area contributed by atoms with Crippen molar-refractivity contribution in [2.45, 2.75) is 40.5 Å². The van der Waals surface area contributed by atoms with Crippen molar-refractivity contribution in [2.24, 2.45) is 11.3 Å². The molecule has 0 spiro atoms. The Morgan fingerprint density at radius 1 is 1.33 bits per heavy atom. The maximum absolute atomic E-state index is 11.6. The number of rotatable bonds is 2. The molecule has 0 unspecified atom stereocenters. The molecule has 0 saturated carbocycles. The Labute approximate surface area is 93.2 Å². The van der Waals surface area contributed by atoms with Gasteiger partial charge in [0.15, 0.2) is 0 Å². The highest BCUT2D eigenvalue weighted by Crippen LogP contribution is 2.16. The molecule has 0 radical (unpaired) electrons. The van der Waals surface area contributed by atoms with Gasteiger partial charge in [-0.3, -0.25) is 9.69 Å². The van der Waals surface area contributed by atoms with Crippen LogP contribution in [0.2, 0.25) is 0 Å². The lowest BCUT2D eigenvalue weighted by Crippen LogP contribution is -2.45. The van der Waals surface area contributed by atoms with Crippen molar-refractivity contribution in [1.29, 1.82) is 0 Å². The van der Waals surface area contributed by atoms with Crippen molar-refractivity contribution in [3.05, 3.63) is 0 Å². The third-order valence-corrected chi connectivity index (χ3v) is 3.02. The van der Waals surface area contributed by atoms with E-state index >= 15 is 0 Å². The highest BCUT2D eigenvalue weighted by molar-refractivity contribution is 5.81. The van der Waals surface area contributed by atoms with Gasteiger partial charge in [-0.25, -0.2) is 0 Å². The summed E-state index contributed by atoms with van der Waals surface area (Å²) in [4.78, 5) is 14.0. The molecule has 3 heteroatoms. The molecule has 0 aromatic rings. The van der Waals surface area contributed by atoms with Crippen LogP contribution in [0.5, 0.6) is 0 Å². The highest BCUT2D eigenvalue weighted by Gasteiger charge is 2.22. The fourth-order valence-electron chi connectivity index (χ4n) is 1.67. The molecular formula is C12H24N2O. The molecule has 15 heavy (non-hydrogen) atoms. The zero-order chi connectivity index (χ0) is 11.5.